The monoisotopic (exact) mass is 272 g/mol. The van der Waals surface area contributed by atoms with Crippen molar-refractivity contribution in [1.29, 1.82) is 0 Å². The lowest BCUT2D eigenvalue weighted by Crippen LogP contribution is -2.06. The van der Waals surface area contributed by atoms with Crippen molar-refractivity contribution in [2.45, 2.75) is 20.8 Å². The van der Waals surface area contributed by atoms with E-state index in [0.717, 1.165) is 6.07 Å². The smallest absolute Gasteiger partial charge is 0.338 e. The normalized spacial score (nSPS) is 8.37. The van der Waals surface area contributed by atoms with Crippen molar-refractivity contribution in [3.05, 3.63) is 34.6 Å². The first-order valence-corrected chi connectivity index (χ1v) is 5.75. The number of aldehydes is 1. The molecule has 0 atom stereocenters. The first-order chi connectivity index (χ1) is 9.01. The van der Waals surface area contributed by atoms with Crippen LogP contribution in [0.1, 0.15) is 40.1 Å². The van der Waals surface area contributed by atoms with E-state index in [4.69, 9.17) is 0 Å². The second-order valence-corrected chi connectivity index (χ2v) is 3.21. The van der Waals surface area contributed by atoms with Gasteiger partial charge in [0.25, 0.3) is 0 Å². The van der Waals surface area contributed by atoms with Gasteiger partial charge in [-0.3, -0.25) is 4.79 Å². The van der Waals surface area contributed by atoms with Crippen LogP contribution in [0, 0.1) is 12.7 Å². The van der Waals surface area contributed by atoms with Gasteiger partial charge in [-0.15, -0.1) is 0 Å². The third-order valence-electron chi connectivity index (χ3n) is 1.86. The molecule has 5 heteroatoms. The Morgan fingerprint density at radius 1 is 1.21 bits per heavy atom. The summed E-state index contributed by atoms with van der Waals surface area (Å²) in [7, 11) is 4.45. The highest BCUT2D eigenvalue weighted by Gasteiger charge is 2.13. The summed E-state index contributed by atoms with van der Waals surface area (Å²) < 4.78 is 21.7. The molecule has 0 N–H and O–H groups in total. The van der Waals surface area contributed by atoms with E-state index in [1.54, 1.807) is 14.2 Å². The molecule has 0 aliphatic heterocycles. The number of esters is 1. The van der Waals surface area contributed by atoms with Gasteiger partial charge in [-0.25, -0.2) is 9.18 Å². The van der Waals surface area contributed by atoms with Crippen LogP contribution >= 0.6 is 0 Å². The molecule has 0 aliphatic rings. The van der Waals surface area contributed by atoms with Crippen LogP contribution in [0.25, 0.3) is 0 Å². The zero-order chi connectivity index (χ0) is 15.4. The summed E-state index contributed by atoms with van der Waals surface area (Å²) in [5.74, 6) is -1.16. The number of carbonyl (C=O) groups is 2. The highest BCUT2D eigenvalue weighted by Crippen LogP contribution is 2.14. The summed E-state index contributed by atoms with van der Waals surface area (Å²) in [6.45, 7) is 5.51. The topological polar surface area (TPSA) is 52.6 Å². The molecule has 1 rings (SSSR count). The highest BCUT2D eigenvalue weighted by molar-refractivity contribution is 5.98. The lowest BCUT2D eigenvalue weighted by atomic mass is 10.1. The molecule has 0 bridgehead atoms. The van der Waals surface area contributed by atoms with Crippen molar-refractivity contribution < 1.29 is 23.5 Å². The van der Waals surface area contributed by atoms with E-state index < -0.39 is 11.8 Å². The van der Waals surface area contributed by atoms with Crippen LogP contribution in [-0.2, 0) is 9.47 Å². The first-order valence-electron chi connectivity index (χ1n) is 5.75. The molecule has 108 valence electrons. The molecule has 0 heterocycles. The number of aryl methyl sites for hydroxylation is 1. The van der Waals surface area contributed by atoms with Crippen LogP contribution in [0.15, 0.2) is 12.1 Å². The maximum absolute atomic E-state index is 13.0. The fourth-order valence-corrected chi connectivity index (χ4v) is 1.08. The van der Waals surface area contributed by atoms with Crippen LogP contribution in [0.4, 0.5) is 4.39 Å². The van der Waals surface area contributed by atoms with Gasteiger partial charge in [-0.1, -0.05) is 13.8 Å². The molecular formula is C14H21FO4. The Morgan fingerprint density at radius 2 is 1.68 bits per heavy atom. The predicted molar refractivity (Wildman–Crippen MR) is 72.1 cm³/mol. The maximum Gasteiger partial charge on any atom is 0.338 e. The average Bonchev–Trinajstić information content (AvgIpc) is 2.43. The summed E-state index contributed by atoms with van der Waals surface area (Å²) in [5, 5.41) is 0. The van der Waals surface area contributed by atoms with E-state index >= 15 is 0 Å². The molecule has 0 unspecified atom stereocenters. The van der Waals surface area contributed by atoms with Crippen molar-refractivity contribution in [2.75, 3.05) is 21.3 Å². The molecule has 1 aromatic rings. The van der Waals surface area contributed by atoms with Crippen LogP contribution < -0.4 is 0 Å². The fourth-order valence-electron chi connectivity index (χ4n) is 1.08. The minimum absolute atomic E-state index is 0.0000463. The lowest BCUT2D eigenvalue weighted by molar-refractivity contribution is 0.0598. The molecule has 0 saturated heterocycles. The highest BCUT2D eigenvalue weighted by atomic mass is 19.1. The second kappa shape index (κ2) is 11.3. The third-order valence-corrected chi connectivity index (χ3v) is 1.86. The molecule has 0 fully saturated rings. The summed E-state index contributed by atoms with van der Waals surface area (Å²) in [6, 6.07) is 2.32. The minimum Gasteiger partial charge on any atom is -0.465 e. The van der Waals surface area contributed by atoms with Gasteiger partial charge in [0.1, 0.15) is 5.82 Å². The number of methoxy groups -OCH3 is 2. The Hall–Kier alpha value is -1.75. The second-order valence-electron chi connectivity index (χ2n) is 3.21. The zero-order valence-corrected chi connectivity index (χ0v) is 12.2. The number of halogens is 1. The first kappa shape index (κ1) is 19.6. The van der Waals surface area contributed by atoms with Gasteiger partial charge in [0.2, 0.25) is 0 Å². The van der Waals surface area contributed by atoms with Crippen LogP contribution in [0.2, 0.25) is 0 Å². The van der Waals surface area contributed by atoms with Gasteiger partial charge in [-0.2, -0.15) is 0 Å². The van der Waals surface area contributed by atoms with E-state index in [2.05, 4.69) is 9.47 Å². The van der Waals surface area contributed by atoms with Gasteiger partial charge in [0, 0.05) is 19.8 Å². The number of hydrogen-bond acceptors (Lipinski definition) is 4. The van der Waals surface area contributed by atoms with Crippen LogP contribution in [0.3, 0.4) is 0 Å². The Bertz CT molecular complexity index is 403. The third kappa shape index (κ3) is 6.67. The van der Waals surface area contributed by atoms with E-state index in [1.165, 1.54) is 20.1 Å². The largest absolute Gasteiger partial charge is 0.465 e. The molecular weight excluding hydrogens is 251 g/mol. The molecule has 0 radical (unpaired) electrons. The minimum atomic E-state index is -0.643. The lowest BCUT2D eigenvalue weighted by Gasteiger charge is -2.04. The molecule has 0 saturated carbocycles. The van der Waals surface area contributed by atoms with E-state index in [9.17, 15) is 14.0 Å². The average molecular weight is 272 g/mol. The van der Waals surface area contributed by atoms with Crippen LogP contribution in [-0.4, -0.2) is 33.6 Å². The molecule has 0 aromatic heterocycles. The molecule has 0 amide bonds. The summed E-state index contributed by atoms with van der Waals surface area (Å²) in [4.78, 5) is 21.7. The van der Waals surface area contributed by atoms with E-state index in [-0.39, 0.29) is 11.1 Å². The molecule has 0 aliphatic carbocycles. The Morgan fingerprint density at radius 3 is 2.05 bits per heavy atom. The van der Waals surface area contributed by atoms with Crippen molar-refractivity contribution >= 4 is 12.3 Å². The standard InChI is InChI=1S/C10H9FO3.C2H6O.C2H6/c1-6-3-8(10(13)14-2)7(5-12)4-9(6)11;1-3-2;1-2/h3-5H,1-2H3;1-2H3;1-2H3. The molecule has 0 spiro atoms. The number of carbonyl (C=O) groups excluding carboxylic acids is 2. The summed E-state index contributed by atoms with van der Waals surface area (Å²) in [5.41, 5.74) is 0.386. The van der Waals surface area contributed by atoms with Crippen LogP contribution in [0.5, 0.6) is 0 Å². The summed E-state index contributed by atoms with van der Waals surface area (Å²) in [6.07, 6.45) is 0.425. The molecule has 4 nitrogen and oxygen atoms in total. The van der Waals surface area contributed by atoms with Gasteiger partial charge in [0.05, 0.1) is 12.7 Å². The molecule has 19 heavy (non-hydrogen) atoms. The molecule has 1 aromatic carbocycles. The van der Waals surface area contributed by atoms with Gasteiger partial charge in [0.15, 0.2) is 6.29 Å². The van der Waals surface area contributed by atoms with Gasteiger partial charge < -0.3 is 9.47 Å². The number of ether oxygens (including phenoxy) is 2. The predicted octanol–water partition coefficient (Wildman–Crippen LogP) is 3.02. The number of hydrogen-bond donors (Lipinski definition) is 0. The number of benzene rings is 1. The number of rotatable bonds is 2. The quantitative estimate of drug-likeness (QED) is 0.613. The van der Waals surface area contributed by atoms with Gasteiger partial charge >= 0.3 is 5.97 Å². The Labute approximate surface area is 113 Å². The van der Waals surface area contributed by atoms with Gasteiger partial charge in [-0.05, 0) is 24.6 Å². The zero-order valence-electron chi connectivity index (χ0n) is 12.2. The van der Waals surface area contributed by atoms with Crippen molar-refractivity contribution in [2.24, 2.45) is 0 Å². The van der Waals surface area contributed by atoms with Crippen molar-refractivity contribution in [1.82, 2.24) is 0 Å². The van der Waals surface area contributed by atoms with E-state index in [0.29, 0.717) is 11.8 Å². The Balaban J connectivity index is 0. The maximum atomic E-state index is 13.0. The Kier molecular flexibility index (Phi) is 11.7. The summed E-state index contributed by atoms with van der Waals surface area (Å²) >= 11 is 0. The van der Waals surface area contributed by atoms with E-state index in [1.807, 2.05) is 13.8 Å². The van der Waals surface area contributed by atoms with Crippen molar-refractivity contribution in [3.63, 3.8) is 0 Å². The van der Waals surface area contributed by atoms with Crippen molar-refractivity contribution in [3.8, 4) is 0 Å². The SMILES string of the molecule is CC.COC.COC(=O)c1cc(C)c(F)cc1C=O. The fraction of sp³-hybridized carbons (Fsp3) is 0.429.